The first kappa shape index (κ1) is 12.0. The number of nitrogens with zero attached hydrogens (tertiary/aromatic N) is 3. The molecule has 5 nitrogen and oxygen atoms in total. The van der Waals surface area contributed by atoms with Gasteiger partial charge < -0.3 is 11.1 Å². The summed E-state index contributed by atoms with van der Waals surface area (Å²) < 4.78 is 1.79. The average Bonchev–Trinajstić information content (AvgIpc) is 2.75. The van der Waals surface area contributed by atoms with Gasteiger partial charge in [0.1, 0.15) is 0 Å². The minimum absolute atomic E-state index is 0.671. The standard InChI is InChI=1S/C13H15N5/c1-10-6-13(3-2-11(10)7-14)16-4-5-18-9-12(15)8-17-18/h2-3,6,8-9,16H,4-5,15H2,1H3. The maximum Gasteiger partial charge on any atom is 0.0994 e. The molecule has 0 aliphatic rings. The van der Waals surface area contributed by atoms with Crippen LogP contribution in [0, 0.1) is 18.3 Å². The number of rotatable bonds is 4. The predicted octanol–water partition coefficient (Wildman–Crippen LogP) is 1.76. The molecule has 1 heterocycles. The van der Waals surface area contributed by atoms with Crippen LogP contribution in [-0.4, -0.2) is 16.3 Å². The molecule has 1 aromatic carbocycles. The molecule has 0 atom stereocenters. The molecule has 2 rings (SSSR count). The van der Waals surface area contributed by atoms with Gasteiger partial charge in [0.05, 0.1) is 30.1 Å². The second-order valence-corrected chi connectivity index (χ2v) is 4.11. The third-order valence-electron chi connectivity index (χ3n) is 2.67. The Kier molecular flexibility index (Phi) is 3.49. The van der Waals surface area contributed by atoms with E-state index in [9.17, 15) is 0 Å². The van der Waals surface area contributed by atoms with Crippen molar-refractivity contribution < 1.29 is 0 Å². The smallest absolute Gasteiger partial charge is 0.0994 e. The highest BCUT2D eigenvalue weighted by Gasteiger charge is 1.99. The SMILES string of the molecule is Cc1cc(NCCn2cc(N)cn2)ccc1C#N. The minimum Gasteiger partial charge on any atom is -0.396 e. The summed E-state index contributed by atoms with van der Waals surface area (Å²) in [5, 5.41) is 16.2. The third-order valence-corrected chi connectivity index (χ3v) is 2.67. The summed E-state index contributed by atoms with van der Waals surface area (Å²) in [5.41, 5.74) is 8.94. The molecule has 18 heavy (non-hydrogen) atoms. The van der Waals surface area contributed by atoms with Crippen LogP contribution < -0.4 is 11.1 Å². The van der Waals surface area contributed by atoms with E-state index in [2.05, 4.69) is 16.5 Å². The molecule has 2 aromatic rings. The molecule has 0 aliphatic carbocycles. The van der Waals surface area contributed by atoms with Gasteiger partial charge >= 0.3 is 0 Å². The van der Waals surface area contributed by atoms with Crippen LogP contribution in [0.3, 0.4) is 0 Å². The number of nitriles is 1. The van der Waals surface area contributed by atoms with Crippen LogP contribution in [0.15, 0.2) is 30.6 Å². The average molecular weight is 241 g/mol. The number of nitrogen functional groups attached to an aromatic ring is 1. The van der Waals surface area contributed by atoms with Gasteiger partial charge in [-0.05, 0) is 30.7 Å². The first-order valence-electron chi connectivity index (χ1n) is 5.71. The quantitative estimate of drug-likeness (QED) is 0.854. The van der Waals surface area contributed by atoms with Crippen molar-refractivity contribution in [3.63, 3.8) is 0 Å². The fourth-order valence-corrected chi connectivity index (χ4v) is 1.72. The molecule has 1 aromatic heterocycles. The van der Waals surface area contributed by atoms with E-state index in [1.165, 1.54) is 0 Å². The van der Waals surface area contributed by atoms with Crippen LogP contribution in [0.4, 0.5) is 11.4 Å². The van der Waals surface area contributed by atoms with Crippen LogP contribution in [0.2, 0.25) is 0 Å². The van der Waals surface area contributed by atoms with Crippen LogP contribution in [0.1, 0.15) is 11.1 Å². The molecular weight excluding hydrogens is 226 g/mol. The predicted molar refractivity (Wildman–Crippen MR) is 71.0 cm³/mol. The molecule has 3 N–H and O–H groups in total. The lowest BCUT2D eigenvalue weighted by Gasteiger charge is -2.08. The van der Waals surface area contributed by atoms with Crippen molar-refractivity contribution in [1.29, 1.82) is 5.26 Å². The Bertz CT molecular complexity index is 579. The molecule has 5 heteroatoms. The Morgan fingerprint density at radius 2 is 2.33 bits per heavy atom. The Hall–Kier alpha value is -2.48. The van der Waals surface area contributed by atoms with E-state index in [4.69, 9.17) is 11.0 Å². The van der Waals surface area contributed by atoms with Gasteiger partial charge in [-0.1, -0.05) is 0 Å². The number of hydrogen-bond donors (Lipinski definition) is 2. The number of anilines is 2. The van der Waals surface area contributed by atoms with Crippen LogP contribution in [0.25, 0.3) is 0 Å². The van der Waals surface area contributed by atoms with Gasteiger partial charge in [-0.2, -0.15) is 10.4 Å². The number of aryl methyl sites for hydroxylation is 1. The molecule has 0 aliphatic heterocycles. The van der Waals surface area contributed by atoms with Crippen molar-refractivity contribution in [1.82, 2.24) is 9.78 Å². The van der Waals surface area contributed by atoms with E-state index < -0.39 is 0 Å². The second-order valence-electron chi connectivity index (χ2n) is 4.11. The highest BCUT2D eigenvalue weighted by atomic mass is 15.3. The molecule has 0 bridgehead atoms. The molecule has 0 spiro atoms. The zero-order chi connectivity index (χ0) is 13.0. The van der Waals surface area contributed by atoms with Crippen LogP contribution >= 0.6 is 0 Å². The van der Waals surface area contributed by atoms with Crippen molar-refractivity contribution in [2.45, 2.75) is 13.5 Å². The number of benzene rings is 1. The van der Waals surface area contributed by atoms with Crippen LogP contribution in [-0.2, 0) is 6.54 Å². The van der Waals surface area contributed by atoms with Gasteiger partial charge in [-0.3, -0.25) is 4.68 Å². The molecular formula is C13H15N5. The van der Waals surface area contributed by atoms with Gasteiger partial charge in [-0.25, -0.2) is 0 Å². The van der Waals surface area contributed by atoms with Gasteiger partial charge in [0.15, 0.2) is 0 Å². The second kappa shape index (κ2) is 5.23. The summed E-state index contributed by atoms with van der Waals surface area (Å²) in [7, 11) is 0. The summed E-state index contributed by atoms with van der Waals surface area (Å²) in [6.45, 7) is 3.43. The Balaban J connectivity index is 1.91. The Morgan fingerprint density at radius 3 is 2.94 bits per heavy atom. The third kappa shape index (κ3) is 2.80. The summed E-state index contributed by atoms with van der Waals surface area (Å²) in [6, 6.07) is 7.85. The molecule has 0 saturated heterocycles. The zero-order valence-corrected chi connectivity index (χ0v) is 10.2. The largest absolute Gasteiger partial charge is 0.396 e. The van der Waals surface area contributed by atoms with Gasteiger partial charge in [0.2, 0.25) is 0 Å². The fraction of sp³-hybridized carbons (Fsp3) is 0.231. The Labute approximate surface area is 106 Å². The summed E-state index contributed by atoms with van der Waals surface area (Å²) >= 11 is 0. The number of nitrogens with two attached hydrogens (primary N) is 1. The van der Waals surface area contributed by atoms with Crippen molar-refractivity contribution in [2.75, 3.05) is 17.6 Å². The van der Waals surface area contributed by atoms with E-state index in [1.54, 1.807) is 17.1 Å². The summed E-state index contributed by atoms with van der Waals surface area (Å²) in [6.07, 6.45) is 3.43. The van der Waals surface area contributed by atoms with Crippen molar-refractivity contribution in [3.05, 3.63) is 41.7 Å². The van der Waals surface area contributed by atoms with E-state index in [0.29, 0.717) is 11.3 Å². The van der Waals surface area contributed by atoms with Gasteiger partial charge in [-0.15, -0.1) is 0 Å². The Morgan fingerprint density at radius 1 is 1.50 bits per heavy atom. The minimum atomic E-state index is 0.671. The fourth-order valence-electron chi connectivity index (χ4n) is 1.72. The first-order valence-corrected chi connectivity index (χ1v) is 5.71. The molecule has 0 amide bonds. The normalized spacial score (nSPS) is 10.0. The topological polar surface area (TPSA) is 79.7 Å². The first-order chi connectivity index (χ1) is 8.69. The summed E-state index contributed by atoms with van der Waals surface area (Å²) in [5.74, 6) is 0. The van der Waals surface area contributed by atoms with Crippen LogP contribution in [0.5, 0.6) is 0 Å². The maximum atomic E-state index is 8.84. The van der Waals surface area contributed by atoms with Gasteiger partial charge in [0.25, 0.3) is 0 Å². The van der Waals surface area contributed by atoms with E-state index in [-0.39, 0.29) is 0 Å². The van der Waals surface area contributed by atoms with E-state index in [1.807, 2.05) is 25.1 Å². The molecule has 92 valence electrons. The van der Waals surface area contributed by atoms with Crippen molar-refractivity contribution >= 4 is 11.4 Å². The molecule has 0 fully saturated rings. The monoisotopic (exact) mass is 241 g/mol. The maximum absolute atomic E-state index is 8.84. The van der Waals surface area contributed by atoms with Crippen molar-refractivity contribution in [2.24, 2.45) is 0 Å². The lowest BCUT2D eigenvalue weighted by molar-refractivity contribution is 0.638. The highest BCUT2D eigenvalue weighted by Crippen LogP contribution is 2.14. The zero-order valence-electron chi connectivity index (χ0n) is 10.2. The lowest BCUT2D eigenvalue weighted by Crippen LogP contribution is -2.10. The summed E-state index contributed by atoms with van der Waals surface area (Å²) in [4.78, 5) is 0. The number of hydrogen-bond acceptors (Lipinski definition) is 4. The van der Waals surface area contributed by atoms with E-state index in [0.717, 1.165) is 24.3 Å². The van der Waals surface area contributed by atoms with Gasteiger partial charge in [0, 0.05) is 18.4 Å². The molecule has 0 radical (unpaired) electrons. The number of aromatic nitrogens is 2. The molecule has 0 unspecified atom stereocenters. The van der Waals surface area contributed by atoms with Crippen molar-refractivity contribution in [3.8, 4) is 6.07 Å². The highest BCUT2D eigenvalue weighted by molar-refractivity contribution is 5.51. The lowest BCUT2D eigenvalue weighted by atomic mass is 10.1. The van der Waals surface area contributed by atoms with E-state index >= 15 is 0 Å². The molecule has 0 saturated carbocycles. The number of nitrogens with one attached hydrogen (secondary N) is 1.